The molecule has 0 N–H and O–H groups in total. The monoisotopic (exact) mass is 459 g/mol. The summed E-state index contributed by atoms with van der Waals surface area (Å²) in [5, 5.41) is 11.0. The van der Waals surface area contributed by atoms with Crippen LogP contribution in [-0.2, 0) is 13.2 Å². The quantitative estimate of drug-likeness (QED) is 0.377. The number of ether oxygens (including phenoxy) is 1. The third kappa shape index (κ3) is 5.80. The maximum atomic E-state index is 13.1. The Morgan fingerprint density at radius 2 is 1.68 bits per heavy atom. The van der Waals surface area contributed by atoms with Gasteiger partial charge in [0.1, 0.15) is 12.4 Å². The van der Waals surface area contributed by atoms with E-state index in [4.69, 9.17) is 4.74 Å². The highest BCUT2D eigenvalue weighted by atomic mass is 16.6. The van der Waals surface area contributed by atoms with Gasteiger partial charge in [0.05, 0.1) is 4.92 Å². The number of rotatable bonds is 7. The van der Waals surface area contributed by atoms with E-state index in [-0.39, 0.29) is 18.2 Å². The van der Waals surface area contributed by atoms with Gasteiger partial charge in [-0.2, -0.15) is 0 Å². The summed E-state index contributed by atoms with van der Waals surface area (Å²) in [6.45, 7) is 8.07. The Labute approximate surface area is 199 Å². The summed E-state index contributed by atoms with van der Waals surface area (Å²) in [5.74, 6) is 0.591. The number of carbonyl (C=O) groups excluding carboxylic acids is 1. The van der Waals surface area contributed by atoms with E-state index in [1.165, 1.54) is 17.2 Å². The minimum atomic E-state index is -0.406. The molecule has 1 aliphatic heterocycles. The summed E-state index contributed by atoms with van der Waals surface area (Å²) in [7, 11) is 0. The SMILES string of the molecule is Cc1cccc(CN2CCN(C(=O)c3cccc(COc4ccc([N+](=O)[O-])c(C)c4)c3)CC2)c1. The Kier molecular flexibility index (Phi) is 7.23. The fourth-order valence-electron chi connectivity index (χ4n) is 4.24. The second-order valence-electron chi connectivity index (χ2n) is 8.75. The largest absolute Gasteiger partial charge is 0.489 e. The van der Waals surface area contributed by atoms with Crippen molar-refractivity contribution in [2.45, 2.75) is 27.0 Å². The molecule has 0 aromatic heterocycles. The predicted molar refractivity (Wildman–Crippen MR) is 131 cm³/mol. The van der Waals surface area contributed by atoms with Crippen LogP contribution in [0.15, 0.2) is 66.7 Å². The van der Waals surface area contributed by atoms with E-state index in [9.17, 15) is 14.9 Å². The normalized spacial score (nSPS) is 14.1. The van der Waals surface area contributed by atoms with Crippen molar-refractivity contribution in [3.05, 3.63) is 105 Å². The zero-order chi connectivity index (χ0) is 24.1. The average Bonchev–Trinajstić information content (AvgIpc) is 2.83. The van der Waals surface area contributed by atoms with Gasteiger partial charge in [0.2, 0.25) is 0 Å². The topological polar surface area (TPSA) is 75.9 Å². The summed E-state index contributed by atoms with van der Waals surface area (Å²) in [6, 6.07) is 20.7. The molecule has 176 valence electrons. The molecule has 0 unspecified atom stereocenters. The zero-order valence-corrected chi connectivity index (χ0v) is 19.6. The molecule has 1 amide bonds. The van der Waals surface area contributed by atoms with Crippen molar-refractivity contribution in [1.29, 1.82) is 0 Å². The maximum Gasteiger partial charge on any atom is 0.272 e. The van der Waals surface area contributed by atoms with E-state index < -0.39 is 4.92 Å². The molecule has 0 bridgehead atoms. The molecule has 1 saturated heterocycles. The Balaban J connectivity index is 1.32. The van der Waals surface area contributed by atoms with Gasteiger partial charge < -0.3 is 9.64 Å². The van der Waals surface area contributed by atoms with E-state index >= 15 is 0 Å². The second-order valence-corrected chi connectivity index (χ2v) is 8.75. The summed E-state index contributed by atoms with van der Waals surface area (Å²) in [6.07, 6.45) is 0. The minimum absolute atomic E-state index is 0.0308. The lowest BCUT2D eigenvalue weighted by atomic mass is 10.1. The minimum Gasteiger partial charge on any atom is -0.489 e. The number of hydrogen-bond donors (Lipinski definition) is 0. The molecule has 0 spiro atoms. The van der Waals surface area contributed by atoms with Crippen molar-refractivity contribution < 1.29 is 14.5 Å². The first-order chi connectivity index (χ1) is 16.4. The molecule has 34 heavy (non-hydrogen) atoms. The number of hydrogen-bond acceptors (Lipinski definition) is 5. The maximum absolute atomic E-state index is 13.1. The molecule has 0 aliphatic carbocycles. The number of aryl methyl sites for hydroxylation is 2. The van der Waals surface area contributed by atoms with Gasteiger partial charge in [0.25, 0.3) is 11.6 Å². The molecular weight excluding hydrogens is 430 g/mol. The third-order valence-electron chi connectivity index (χ3n) is 6.09. The molecule has 0 radical (unpaired) electrons. The highest BCUT2D eigenvalue weighted by Crippen LogP contribution is 2.24. The van der Waals surface area contributed by atoms with Gasteiger partial charge in [-0.25, -0.2) is 0 Å². The lowest BCUT2D eigenvalue weighted by molar-refractivity contribution is -0.385. The molecule has 7 heteroatoms. The van der Waals surface area contributed by atoms with Crippen molar-refractivity contribution >= 4 is 11.6 Å². The second kappa shape index (κ2) is 10.5. The van der Waals surface area contributed by atoms with Gasteiger partial charge in [-0.3, -0.25) is 19.8 Å². The first kappa shape index (κ1) is 23.4. The van der Waals surface area contributed by atoms with Crippen LogP contribution in [-0.4, -0.2) is 46.8 Å². The molecule has 1 aliphatic rings. The molecule has 7 nitrogen and oxygen atoms in total. The zero-order valence-electron chi connectivity index (χ0n) is 19.6. The number of carbonyl (C=O) groups is 1. The Bertz CT molecular complexity index is 1190. The van der Waals surface area contributed by atoms with Crippen LogP contribution < -0.4 is 4.74 Å². The van der Waals surface area contributed by atoms with Gasteiger partial charge in [0, 0.05) is 49.9 Å². The van der Waals surface area contributed by atoms with Crippen LogP contribution in [0.5, 0.6) is 5.75 Å². The Morgan fingerprint density at radius 3 is 2.38 bits per heavy atom. The number of nitro groups is 1. The summed E-state index contributed by atoms with van der Waals surface area (Å²) < 4.78 is 5.81. The Hall–Kier alpha value is -3.71. The van der Waals surface area contributed by atoms with Crippen LogP contribution in [0.25, 0.3) is 0 Å². The van der Waals surface area contributed by atoms with E-state index in [0.717, 1.165) is 25.2 Å². The van der Waals surface area contributed by atoms with Crippen LogP contribution in [0.2, 0.25) is 0 Å². The average molecular weight is 460 g/mol. The molecule has 3 aromatic rings. The van der Waals surface area contributed by atoms with E-state index in [2.05, 4.69) is 36.1 Å². The predicted octanol–water partition coefficient (Wildman–Crippen LogP) is 4.75. The summed E-state index contributed by atoms with van der Waals surface area (Å²) >= 11 is 0. The van der Waals surface area contributed by atoms with Gasteiger partial charge >= 0.3 is 0 Å². The van der Waals surface area contributed by atoms with Crippen molar-refractivity contribution in [3.63, 3.8) is 0 Å². The van der Waals surface area contributed by atoms with Gasteiger partial charge in [-0.15, -0.1) is 0 Å². The smallest absolute Gasteiger partial charge is 0.272 e. The fourth-order valence-corrected chi connectivity index (χ4v) is 4.24. The highest BCUT2D eigenvalue weighted by molar-refractivity contribution is 5.94. The van der Waals surface area contributed by atoms with Crippen LogP contribution in [0, 0.1) is 24.0 Å². The number of nitrogens with zero attached hydrogens (tertiary/aromatic N) is 3. The van der Waals surface area contributed by atoms with Gasteiger partial charge in [-0.1, -0.05) is 42.0 Å². The van der Waals surface area contributed by atoms with Crippen LogP contribution in [0.1, 0.15) is 32.6 Å². The van der Waals surface area contributed by atoms with E-state index in [1.54, 1.807) is 19.1 Å². The number of nitro benzene ring substituents is 1. The molecular formula is C27H29N3O4. The van der Waals surface area contributed by atoms with Gasteiger partial charge in [-0.05, 0) is 49.2 Å². The number of benzene rings is 3. The first-order valence-electron chi connectivity index (χ1n) is 11.4. The fraction of sp³-hybridized carbons (Fsp3) is 0.296. The number of piperazine rings is 1. The molecule has 1 heterocycles. The Morgan fingerprint density at radius 1 is 0.941 bits per heavy atom. The van der Waals surface area contributed by atoms with Crippen molar-refractivity contribution in [2.75, 3.05) is 26.2 Å². The van der Waals surface area contributed by atoms with Crippen molar-refractivity contribution in [2.24, 2.45) is 0 Å². The lowest BCUT2D eigenvalue weighted by Gasteiger charge is -2.35. The van der Waals surface area contributed by atoms with Crippen LogP contribution in [0.3, 0.4) is 0 Å². The summed E-state index contributed by atoms with van der Waals surface area (Å²) in [4.78, 5) is 28.0. The third-order valence-corrected chi connectivity index (χ3v) is 6.09. The molecule has 3 aromatic carbocycles. The van der Waals surface area contributed by atoms with Gasteiger partial charge in [0.15, 0.2) is 0 Å². The molecule has 1 fully saturated rings. The van der Waals surface area contributed by atoms with Crippen LogP contribution >= 0.6 is 0 Å². The molecule has 4 rings (SSSR count). The highest BCUT2D eigenvalue weighted by Gasteiger charge is 2.22. The number of amides is 1. The van der Waals surface area contributed by atoms with E-state index in [1.807, 2.05) is 29.2 Å². The molecule has 0 saturated carbocycles. The summed E-state index contributed by atoms with van der Waals surface area (Å²) in [5.41, 5.74) is 4.70. The van der Waals surface area contributed by atoms with Crippen LogP contribution in [0.4, 0.5) is 5.69 Å². The van der Waals surface area contributed by atoms with Crippen molar-refractivity contribution in [1.82, 2.24) is 9.80 Å². The lowest BCUT2D eigenvalue weighted by Crippen LogP contribution is -2.48. The standard InChI is InChI=1S/C27H29N3O4/c1-20-5-3-6-22(15-20)18-28-11-13-29(14-12-28)27(31)24-8-4-7-23(17-24)19-34-25-9-10-26(30(32)33)21(2)16-25/h3-10,15-17H,11-14,18-19H2,1-2H3. The first-order valence-corrected chi connectivity index (χ1v) is 11.4. The van der Waals surface area contributed by atoms with E-state index in [0.29, 0.717) is 30.0 Å². The molecule has 0 atom stereocenters. The van der Waals surface area contributed by atoms with Crippen molar-refractivity contribution in [3.8, 4) is 5.75 Å².